The molecule has 0 saturated heterocycles. The Morgan fingerprint density at radius 1 is 1.29 bits per heavy atom. The third-order valence-corrected chi connectivity index (χ3v) is 4.31. The van der Waals surface area contributed by atoms with Crippen LogP contribution in [0.5, 0.6) is 0 Å². The van der Waals surface area contributed by atoms with Gasteiger partial charge in [-0.05, 0) is 11.5 Å². The number of carbonyl (C=O) groups excluding carboxylic acids is 1. The van der Waals surface area contributed by atoms with Crippen molar-refractivity contribution in [2.24, 2.45) is 5.73 Å². The fourth-order valence-electron chi connectivity index (χ4n) is 2.17. The zero-order valence-electron chi connectivity index (χ0n) is 13.4. The number of amides is 1. The van der Waals surface area contributed by atoms with Crippen LogP contribution in [-0.4, -0.2) is 15.9 Å². The first-order valence-electron chi connectivity index (χ1n) is 7.58. The standard InChI is InChI=1S/C17H18N4O2S/c1-10(2)11-3-5-12(6-4-11)14-9-24-17(20-14)21-16(22)13-8-23-15(7-18)19-13/h3-6,8-10H,7,18H2,1-2H3,(H,20,21,22). The molecule has 0 atom stereocenters. The summed E-state index contributed by atoms with van der Waals surface area (Å²) in [6.07, 6.45) is 1.29. The minimum absolute atomic E-state index is 0.154. The molecule has 0 fully saturated rings. The zero-order valence-corrected chi connectivity index (χ0v) is 14.3. The molecule has 24 heavy (non-hydrogen) atoms. The van der Waals surface area contributed by atoms with Gasteiger partial charge in [0.15, 0.2) is 10.8 Å². The topological polar surface area (TPSA) is 94.0 Å². The van der Waals surface area contributed by atoms with Crippen LogP contribution in [0, 0.1) is 0 Å². The Kier molecular flexibility index (Phi) is 4.73. The van der Waals surface area contributed by atoms with Crippen LogP contribution >= 0.6 is 11.3 Å². The third-order valence-electron chi connectivity index (χ3n) is 3.56. The van der Waals surface area contributed by atoms with E-state index in [1.165, 1.54) is 23.2 Å². The lowest BCUT2D eigenvalue weighted by Gasteiger charge is -2.05. The summed E-state index contributed by atoms with van der Waals surface area (Å²) < 4.78 is 5.06. The van der Waals surface area contributed by atoms with E-state index in [1.807, 2.05) is 17.5 Å². The van der Waals surface area contributed by atoms with Gasteiger partial charge >= 0.3 is 0 Å². The van der Waals surface area contributed by atoms with Gasteiger partial charge in [-0.3, -0.25) is 10.1 Å². The number of hydrogen-bond acceptors (Lipinski definition) is 6. The van der Waals surface area contributed by atoms with E-state index in [4.69, 9.17) is 10.2 Å². The Morgan fingerprint density at radius 2 is 2.04 bits per heavy atom. The Balaban J connectivity index is 1.72. The predicted molar refractivity (Wildman–Crippen MR) is 94.0 cm³/mol. The summed E-state index contributed by atoms with van der Waals surface area (Å²) in [4.78, 5) is 20.5. The van der Waals surface area contributed by atoms with Gasteiger partial charge in [0.2, 0.25) is 5.89 Å². The quantitative estimate of drug-likeness (QED) is 0.738. The molecule has 124 valence electrons. The number of anilines is 1. The maximum absolute atomic E-state index is 12.1. The lowest BCUT2D eigenvalue weighted by atomic mass is 10.0. The lowest BCUT2D eigenvalue weighted by Crippen LogP contribution is -2.12. The fourth-order valence-corrected chi connectivity index (χ4v) is 2.89. The molecule has 6 nitrogen and oxygen atoms in total. The average molecular weight is 342 g/mol. The number of nitrogens with zero attached hydrogens (tertiary/aromatic N) is 2. The van der Waals surface area contributed by atoms with Crippen LogP contribution in [-0.2, 0) is 6.54 Å². The van der Waals surface area contributed by atoms with Crippen LogP contribution in [0.1, 0.15) is 41.7 Å². The van der Waals surface area contributed by atoms with Gasteiger partial charge in [0, 0.05) is 10.9 Å². The van der Waals surface area contributed by atoms with E-state index in [0.717, 1.165) is 11.3 Å². The summed E-state index contributed by atoms with van der Waals surface area (Å²) in [5.74, 6) is 0.449. The van der Waals surface area contributed by atoms with Crippen LogP contribution in [0.3, 0.4) is 0 Å². The minimum Gasteiger partial charge on any atom is -0.447 e. The van der Waals surface area contributed by atoms with E-state index in [2.05, 4.69) is 41.3 Å². The number of oxazole rings is 1. The molecule has 2 heterocycles. The number of thiazole rings is 1. The van der Waals surface area contributed by atoms with Gasteiger partial charge in [-0.1, -0.05) is 38.1 Å². The molecular weight excluding hydrogens is 324 g/mol. The number of nitrogens with one attached hydrogen (secondary N) is 1. The number of carbonyl (C=O) groups is 1. The van der Waals surface area contributed by atoms with Crippen LogP contribution in [0.4, 0.5) is 5.13 Å². The molecule has 0 bridgehead atoms. The molecule has 1 amide bonds. The molecule has 3 rings (SSSR count). The normalized spacial score (nSPS) is 11.0. The summed E-state index contributed by atoms with van der Waals surface area (Å²) in [7, 11) is 0. The summed E-state index contributed by atoms with van der Waals surface area (Å²) >= 11 is 1.36. The molecule has 0 spiro atoms. The summed E-state index contributed by atoms with van der Waals surface area (Å²) in [5.41, 5.74) is 8.73. The van der Waals surface area contributed by atoms with Crippen molar-refractivity contribution in [2.45, 2.75) is 26.3 Å². The first-order valence-corrected chi connectivity index (χ1v) is 8.46. The zero-order chi connectivity index (χ0) is 17.1. The molecule has 0 aliphatic rings. The van der Waals surface area contributed by atoms with Crippen molar-refractivity contribution >= 4 is 22.4 Å². The Labute approximate surface area is 143 Å². The highest BCUT2D eigenvalue weighted by atomic mass is 32.1. The molecule has 0 aliphatic heterocycles. The second-order valence-electron chi connectivity index (χ2n) is 5.60. The Bertz CT molecular complexity index is 836. The van der Waals surface area contributed by atoms with Crippen molar-refractivity contribution in [3.05, 3.63) is 53.1 Å². The minimum atomic E-state index is -0.366. The van der Waals surface area contributed by atoms with Crippen molar-refractivity contribution in [2.75, 3.05) is 5.32 Å². The molecule has 0 radical (unpaired) electrons. The van der Waals surface area contributed by atoms with Crippen molar-refractivity contribution < 1.29 is 9.21 Å². The van der Waals surface area contributed by atoms with E-state index in [1.54, 1.807) is 0 Å². The predicted octanol–water partition coefficient (Wildman–Crippen LogP) is 3.63. The third kappa shape index (κ3) is 3.52. The van der Waals surface area contributed by atoms with Gasteiger partial charge in [-0.2, -0.15) is 0 Å². The molecule has 3 aromatic rings. The number of benzene rings is 1. The second kappa shape index (κ2) is 6.94. The van der Waals surface area contributed by atoms with Gasteiger partial charge in [0.05, 0.1) is 12.2 Å². The number of aromatic nitrogens is 2. The molecular formula is C17H18N4O2S. The summed E-state index contributed by atoms with van der Waals surface area (Å²) in [5, 5.41) is 5.15. The maximum Gasteiger partial charge on any atom is 0.279 e. The van der Waals surface area contributed by atoms with Gasteiger partial charge in [-0.15, -0.1) is 11.3 Å². The summed E-state index contributed by atoms with van der Waals surface area (Å²) in [6.45, 7) is 4.47. The molecule has 1 aromatic carbocycles. The van der Waals surface area contributed by atoms with E-state index in [9.17, 15) is 4.79 Å². The van der Waals surface area contributed by atoms with Crippen molar-refractivity contribution in [1.29, 1.82) is 0 Å². The molecule has 2 aromatic heterocycles. The van der Waals surface area contributed by atoms with E-state index in [-0.39, 0.29) is 18.1 Å². The van der Waals surface area contributed by atoms with Crippen LogP contribution < -0.4 is 11.1 Å². The molecule has 7 heteroatoms. The van der Waals surface area contributed by atoms with E-state index < -0.39 is 0 Å². The Hall–Kier alpha value is -2.51. The van der Waals surface area contributed by atoms with Gasteiger partial charge < -0.3 is 10.2 Å². The largest absolute Gasteiger partial charge is 0.447 e. The van der Waals surface area contributed by atoms with Crippen LogP contribution in [0.15, 0.2) is 40.3 Å². The molecule has 0 unspecified atom stereocenters. The lowest BCUT2D eigenvalue weighted by molar-refractivity contribution is 0.102. The SMILES string of the molecule is CC(C)c1ccc(-c2csc(NC(=O)c3coc(CN)n3)n2)cc1. The highest BCUT2D eigenvalue weighted by molar-refractivity contribution is 7.14. The molecule has 3 N–H and O–H groups in total. The first kappa shape index (κ1) is 16.4. The van der Waals surface area contributed by atoms with Crippen molar-refractivity contribution in [3.63, 3.8) is 0 Å². The second-order valence-corrected chi connectivity index (χ2v) is 6.46. The van der Waals surface area contributed by atoms with Gasteiger partial charge in [0.25, 0.3) is 5.91 Å². The van der Waals surface area contributed by atoms with Crippen LogP contribution in [0.2, 0.25) is 0 Å². The van der Waals surface area contributed by atoms with E-state index >= 15 is 0 Å². The van der Waals surface area contributed by atoms with Crippen molar-refractivity contribution in [3.8, 4) is 11.3 Å². The number of hydrogen-bond donors (Lipinski definition) is 2. The molecule has 0 aliphatic carbocycles. The monoisotopic (exact) mass is 342 g/mol. The average Bonchev–Trinajstić information content (AvgIpc) is 3.24. The number of nitrogens with two attached hydrogens (primary N) is 1. The fraction of sp³-hybridized carbons (Fsp3) is 0.235. The van der Waals surface area contributed by atoms with Crippen LogP contribution in [0.25, 0.3) is 11.3 Å². The maximum atomic E-state index is 12.1. The van der Waals surface area contributed by atoms with Crippen molar-refractivity contribution in [1.82, 2.24) is 9.97 Å². The Morgan fingerprint density at radius 3 is 2.67 bits per heavy atom. The number of rotatable bonds is 5. The molecule has 0 saturated carbocycles. The van der Waals surface area contributed by atoms with Gasteiger partial charge in [0.1, 0.15) is 6.26 Å². The van der Waals surface area contributed by atoms with E-state index in [0.29, 0.717) is 16.9 Å². The highest BCUT2D eigenvalue weighted by Gasteiger charge is 2.14. The van der Waals surface area contributed by atoms with Gasteiger partial charge in [-0.25, -0.2) is 9.97 Å². The smallest absolute Gasteiger partial charge is 0.279 e. The first-order chi connectivity index (χ1) is 11.6. The highest BCUT2D eigenvalue weighted by Crippen LogP contribution is 2.26. The summed E-state index contributed by atoms with van der Waals surface area (Å²) in [6, 6.07) is 8.28.